The van der Waals surface area contributed by atoms with Gasteiger partial charge in [-0.2, -0.15) is 0 Å². The highest BCUT2D eigenvalue weighted by Gasteiger charge is 2.36. The number of carbonyl (C=O) groups is 3. The Kier molecular flexibility index (Phi) is 5.75. The van der Waals surface area contributed by atoms with Gasteiger partial charge in [0.2, 0.25) is 11.8 Å². The Hall–Kier alpha value is -1.63. The number of rotatable bonds is 5. The molecular weight excluding hydrogens is 252 g/mol. The Balaban J connectivity index is 2.74. The fourth-order valence-corrected chi connectivity index (χ4v) is 1.81. The van der Waals surface area contributed by atoms with Crippen molar-refractivity contribution in [1.29, 1.82) is 0 Å². The Morgan fingerprint density at radius 1 is 1.47 bits per heavy atom. The number of nitrogens with zero attached hydrogens (tertiary/aromatic N) is 1. The molecule has 2 amide bonds. The first-order valence-corrected chi connectivity index (χ1v) is 6.37. The van der Waals surface area contributed by atoms with Crippen LogP contribution in [0.2, 0.25) is 0 Å². The maximum Gasteiger partial charge on any atom is 0.315 e. The first-order chi connectivity index (χ1) is 8.99. The summed E-state index contributed by atoms with van der Waals surface area (Å²) in [5, 5.41) is 11.6. The Morgan fingerprint density at radius 2 is 2.16 bits per heavy atom. The normalized spacial score (nSPS) is 20.7. The van der Waals surface area contributed by atoms with Gasteiger partial charge in [0.1, 0.15) is 12.0 Å². The zero-order chi connectivity index (χ0) is 14.4. The number of ether oxygens (including phenoxy) is 1. The van der Waals surface area contributed by atoms with Crippen LogP contribution in [0.5, 0.6) is 0 Å². The van der Waals surface area contributed by atoms with Crippen LogP contribution < -0.4 is 5.32 Å². The van der Waals surface area contributed by atoms with E-state index in [1.165, 1.54) is 11.8 Å². The van der Waals surface area contributed by atoms with Crippen LogP contribution >= 0.6 is 0 Å². The number of hydrogen-bond donors (Lipinski definition) is 2. The summed E-state index contributed by atoms with van der Waals surface area (Å²) < 4.78 is 5.20. The third-order valence-corrected chi connectivity index (χ3v) is 3.00. The first-order valence-electron chi connectivity index (χ1n) is 6.37. The van der Waals surface area contributed by atoms with E-state index in [0.29, 0.717) is 13.2 Å². The molecule has 0 aromatic rings. The van der Waals surface area contributed by atoms with E-state index in [9.17, 15) is 14.4 Å². The molecule has 2 N–H and O–H groups in total. The fourth-order valence-electron chi connectivity index (χ4n) is 1.81. The van der Waals surface area contributed by atoms with Crippen molar-refractivity contribution in [1.82, 2.24) is 10.2 Å². The van der Waals surface area contributed by atoms with E-state index in [2.05, 4.69) is 5.32 Å². The molecule has 0 aromatic carbocycles. The number of nitrogens with one attached hydrogen (secondary N) is 1. The standard InChI is InChI=1S/C12H20N2O5/c1-3-4-13-10(15)9-7-19-6-5-14(9)11(16)8(2)12(17)18/h8-9H,3-7H2,1-2H3,(H,13,15)(H,17,18). The molecule has 0 aliphatic carbocycles. The molecule has 1 aliphatic heterocycles. The van der Waals surface area contributed by atoms with Gasteiger partial charge in [0, 0.05) is 13.1 Å². The molecule has 2 unspecified atom stereocenters. The molecule has 108 valence electrons. The molecule has 1 aliphatic rings. The smallest absolute Gasteiger partial charge is 0.315 e. The molecule has 7 nitrogen and oxygen atoms in total. The van der Waals surface area contributed by atoms with E-state index in [1.807, 2.05) is 6.92 Å². The average molecular weight is 272 g/mol. The van der Waals surface area contributed by atoms with Crippen LogP contribution in [-0.4, -0.2) is 60.1 Å². The monoisotopic (exact) mass is 272 g/mol. The zero-order valence-corrected chi connectivity index (χ0v) is 11.2. The predicted octanol–water partition coefficient (Wildman–Crippen LogP) is -0.539. The molecule has 1 heterocycles. The second-order valence-corrected chi connectivity index (χ2v) is 4.47. The summed E-state index contributed by atoms with van der Waals surface area (Å²) in [4.78, 5) is 36.1. The highest BCUT2D eigenvalue weighted by Crippen LogP contribution is 2.12. The lowest BCUT2D eigenvalue weighted by molar-refractivity contribution is -0.158. The SMILES string of the molecule is CCCNC(=O)C1COCCN1C(=O)C(C)C(=O)O. The number of hydrogen-bond acceptors (Lipinski definition) is 4. The highest BCUT2D eigenvalue weighted by molar-refractivity contribution is 5.98. The Labute approximate surface area is 111 Å². The van der Waals surface area contributed by atoms with Gasteiger partial charge in [-0.25, -0.2) is 0 Å². The fraction of sp³-hybridized carbons (Fsp3) is 0.750. The maximum atomic E-state index is 12.0. The molecule has 19 heavy (non-hydrogen) atoms. The molecular formula is C12H20N2O5. The minimum absolute atomic E-state index is 0.105. The van der Waals surface area contributed by atoms with E-state index in [-0.39, 0.29) is 19.1 Å². The molecule has 7 heteroatoms. The average Bonchev–Trinajstić information content (AvgIpc) is 2.42. The minimum Gasteiger partial charge on any atom is -0.481 e. The van der Waals surface area contributed by atoms with Crippen molar-refractivity contribution in [2.24, 2.45) is 5.92 Å². The number of carboxylic acid groups (broad SMARTS) is 1. The molecule has 1 saturated heterocycles. The second-order valence-electron chi connectivity index (χ2n) is 4.47. The van der Waals surface area contributed by atoms with E-state index in [0.717, 1.165) is 6.42 Å². The van der Waals surface area contributed by atoms with Crippen molar-refractivity contribution in [2.75, 3.05) is 26.3 Å². The third kappa shape index (κ3) is 3.92. The van der Waals surface area contributed by atoms with Crippen LogP contribution in [-0.2, 0) is 19.1 Å². The van der Waals surface area contributed by atoms with Crippen molar-refractivity contribution in [3.63, 3.8) is 0 Å². The number of amides is 2. The van der Waals surface area contributed by atoms with Gasteiger partial charge in [-0.05, 0) is 13.3 Å². The lowest BCUT2D eigenvalue weighted by Gasteiger charge is -2.35. The van der Waals surface area contributed by atoms with Gasteiger partial charge < -0.3 is 20.1 Å². The van der Waals surface area contributed by atoms with Crippen molar-refractivity contribution >= 4 is 17.8 Å². The van der Waals surface area contributed by atoms with Gasteiger partial charge in [0.15, 0.2) is 0 Å². The summed E-state index contributed by atoms with van der Waals surface area (Å²) in [6.07, 6.45) is 0.790. The lowest BCUT2D eigenvalue weighted by Crippen LogP contribution is -2.57. The number of morpholine rings is 1. The van der Waals surface area contributed by atoms with Crippen molar-refractivity contribution in [3.8, 4) is 0 Å². The summed E-state index contributed by atoms with van der Waals surface area (Å²) in [5.41, 5.74) is 0. The van der Waals surface area contributed by atoms with Crippen LogP contribution in [0.1, 0.15) is 20.3 Å². The first kappa shape index (κ1) is 15.4. The van der Waals surface area contributed by atoms with Gasteiger partial charge in [0.05, 0.1) is 13.2 Å². The topological polar surface area (TPSA) is 95.9 Å². The van der Waals surface area contributed by atoms with Gasteiger partial charge in [0.25, 0.3) is 0 Å². The summed E-state index contributed by atoms with van der Waals surface area (Å²) >= 11 is 0. The number of carboxylic acids is 1. The molecule has 0 spiro atoms. The quantitative estimate of drug-likeness (QED) is 0.655. The maximum absolute atomic E-state index is 12.0. The predicted molar refractivity (Wildman–Crippen MR) is 66.4 cm³/mol. The van der Waals surface area contributed by atoms with Crippen molar-refractivity contribution < 1.29 is 24.2 Å². The highest BCUT2D eigenvalue weighted by atomic mass is 16.5. The molecule has 1 fully saturated rings. The van der Waals surface area contributed by atoms with E-state index in [1.54, 1.807) is 0 Å². The molecule has 0 radical (unpaired) electrons. The van der Waals surface area contributed by atoms with Crippen LogP contribution in [0.4, 0.5) is 0 Å². The lowest BCUT2D eigenvalue weighted by atomic mass is 10.1. The van der Waals surface area contributed by atoms with Gasteiger partial charge in [-0.1, -0.05) is 6.92 Å². The molecule has 0 bridgehead atoms. The van der Waals surface area contributed by atoms with Crippen molar-refractivity contribution in [2.45, 2.75) is 26.3 Å². The third-order valence-electron chi connectivity index (χ3n) is 3.00. The van der Waals surface area contributed by atoms with Crippen molar-refractivity contribution in [3.05, 3.63) is 0 Å². The van der Waals surface area contributed by atoms with Crippen LogP contribution in [0.25, 0.3) is 0 Å². The molecule has 0 aromatic heterocycles. The van der Waals surface area contributed by atoms with Crippen LogP contribution in [0, 0.1) is 5.92 Å². The Morgan fingerprint density at radius 3 is 2.74 bits per heavy atom. The molecule has 2 atom stereocenters. The van der Waals surface area contributed by atoms with Crippen LogP contribution in [0.3, 0.4) is 0 Å². The molecule has 0 saturated carbocycles. The summed E-state index contributed by atoms with van der Waals surface area (Å²) in [7, 11) is 0. The van der Waals surface area contributed by atoms with Crippen LogP contribution in [0.15, 0.2) is 0 Å². The largest absolute Gasteiger partial charge is 0.481 e. The Bertz CT molecular complexity index is 358. The second kappa shape index (κ2) is 7.08. The summed E-state index contributed by atoms with van der Waals surface area (Å²) in [6, 6.07) is -0.741. The van der Waals surface area contributed by atoms with Gasteiger partial charge in [-0.3, -0.25) is 14.4 Å². The zero-order valence-electron chi connectivity index (χ0n) is 11.2. The van der Waals surface area contributed by atoms with E-state index < -0.39 is 23.8 Å². The minimum atomic E-state index is -1.19. The number of carbonyl (C=O) groups excluding carboxylic acids is 2. The summed E-state index contributed by atoms with van der Waals surface area (Å²) in [5.74, 6) is -3.19. The van der Waals surface area contributed by atoms with Gasteiger partial charge in [-0.15, -0.1) is 0 Å². The van der Waals surface area contributed by atoms with Gasteiger partial charge >= 0.3 is 5.97 Å². The number of aliphatic carboxylic acids is 1. The molecule has 1 rings (SSSR count). The van der Waals surface area contributed by atoms with E-state index >= 15 is 0 Å². The van der Waals surface area contributed by atoms with E-state index in [4.69, 9.17) is 9.84 Å². The summed E-state index contributed by atoms with van der Waals surface area (Å²) in [6.45, 7) is 4.42.